The van der Waals surface area contributed by atoms with Crippen molar-refractivity contribution in [1.82, 2.24) is 15.1 Å². The number of nitrogens with one attached hydrogen (secondary N) is 1. The average molecular weight is 281 g/mol. The van der Waals surface area contributed by atoms with E-state index in [0.717, 1.165) is 5.92 Å². The Labute approximate surface area is 126 Å². The maximum absolute atomic E-state index is 3.23. The van der Waals surface area contributed by atoms with Crippen LogP contribution < -0.4 is 5.32 Å². The van der Waals surface area contributed by atoms with Crippen LogP contribution in [0.15, 0.2) is 0 Å². The molecule has 0 radical (unpaired) electrons. The van der Waals surface area contributed by atoms with Gasteiger partial charge in [-0.2, -0.15) is 0 Å². The molecule has 0 atom stereocenters. The molecule has 2 heterocycles. The van der Waals surface area contributed by atoms with Crippen LogP contribution in [0.25, 0.3) is 0 Å². The van der Waals surface area contributed by atoms with Crippen molar-refractivity contribution in [2.24, 2.45) is 5.92 Å². The SMILES string of the molecule is CNCCCCCCN1CCC(CN2CCCC2)CC1. The van der Waals surface area contributed by atoms with Gasteiger partial charge in [-0.25, -0.2) is 0 Å². The van der Waals surface area contributed by atoms with Gasteiger partial charge in [-0.15, -0.1) is 0 Å². The number of nitrogens with zero attached hydrogens (tertiary/aromatic N) is 2. The Morgan fingerprint density at radius 1 is 0.850 bits per heavy atom. The topological polar surface area (TPSA) is 18.5 Å². The first-order valence-corrected chi connectivity index (χ1v) is 8.98. The van der Waals surface area contributed by atoms with Crippen LogP contribution in [-0.2, 0) is 0 Å². The molecule has 2 aliphatic heterocycles. The molecule has 0 aromatic heterocycles. The van der Waals surface area contributed by atoms with Gasteiger partial charge in [-0.3, -0.25) is 0 Å². The third-order valence-electron chi connectivity index (χ3n) is 5.07. The summed E-state index contributed by atoms with van der Waals surface area (Å²) in [5.41, 5.74) is 0. The molecule has 20 heavy (non-hydrogen) atoms. The van der Waals surface area contributed by atoms with Gasteiger partial charge in [0.1, 0.15) is 0 Å². The van der Waals surface area contributed by atoms with Crippen molar-refractivity contribution in [3.63, 3.8) is 0 Å². The van der Waals surface area contributed by atoms with Crippen LogP contribution in [0.3, 0.4) is 0 Å². The Bertz CT molecular complexity index is 230. The summed E-state index contributed by atoms with van der Waals surface area (Å²) in [7, 11) is 2.05. The fourth-order valence-electron chi connectivity index (χ4n) is 3.71. The molecule has 3 nitrogen and oxygen atoms in total. The van der Waals surface area contributed by atoms with Gasteiger partial charge in [0.15, 0.2) is 0 Å². The molecule has 0 aliphatic carbocycles. The molecule has 0 aromatic carbocycles. The van der Waals surface area contributed by atoms with Crippen LogP contribution in [0.1, 0.15) is 51.4 Å². The summed E-state index contributed by atoms with van der Waals surface area (Å²) in [6, 6.07) is 0. The second-order valence-electron chi connectivity index (χ2n) is 6.81. The van der Waals surface area contributed by atoms with Crippen LogP contribution in [0.2, 0.25) is 0 Å². The number of likely N-dealkylation sites (tertiary alicyclic amines) is 2. The molecule has 2 aliphatic rings. The van der Waals surface area contributed by atoms with Crippen molar-refractivity contribution in [2.45, 2.75) is 51.4 Å². The van der Waals surface area contributed by atoms with Crippen LogP contribution in [-0.4, -0.2) is 62.7 Å². The highest BCUT2D eigenvalue weighted by Gasteiger charge is 2.22. The van der Waals surface area contributed by atoms with Crippen molar-refractivity contribution >= 4 is 0 Å². The molecule has 0 aromatic rings. The lowest BCUT2D eigenvalue weighted by molar-refractivity contribution is 0.152. The summed E-state index contributed by atoms with van der Waals surface area (Å²) in [5.74, 6) is 0.986. The fourth-order valence-corrected chi connectivity index (χ4v) is 3.71. The Hall–Kier alpha value is -0.120. The second kappa shape index (κ2) is 9.75. The maximum atomic E-state index is 3.23. The predicted molar refractivity (Wildman–Crippen MR) is 87.2 cm³/mol. The summed E-state index contributed by atoms with van der Waals surface area (Å²) < 4.78 is 0. The Morgan fingerprint density at radius 2 is 1.55 bits per heavy atom. The minimum absolute atomic E-state index is 0.986. The molecule has 0 bridgehead atoms. The third kappa shape index (κ3) is 6.11. The number of hydrogen-bond donors (Lipinski definition) is 1. The zero-order valence-electron chi connectivity index (χ0n) is 13.6. The standard InChI is InChI=1S/C17H35N3/c1-18-10-4-2-3-5-11-19-14-8-17(9-15-19)16-20-12-6-7-13-20/h17-18H,2-16H2,1H3. The van der Waals surface area contributed by atoms with Crippen molar-refractivity contribution < 1.29 is 0 Å². The Balaban J connectivity index is 1.46. The predicted octanol–water partition coefficient (Wildman–Crippen LogP) is 2.57. The first-order valence-electron chi connectivity index (χ1n) is 8.98. The largest absolute Gasteiger partial charge is 0.320 e. The Kier molecular flexibility index (Phi) is 7.92. The van der Waals surface area contributed by atoms with E-state index in [2.05, 4.69) is 15.1 Å². The molecule has 0 unspecified atom stereocenters. The molecule has 2 rings (SSSR count). The van der Waals surface area contributed by atoms with E-state index in [1.54, 1.807) is 0 Å². The number of piperidine rings is 1. The third-order valence-corrected chi connectivity index (χ3v) is 5.07. The van der Waals surface area contributed by atoms with Gasteiger partial charge in [0.05, 0.1) is 0 Å². The van der Waals surface area contributed by atoms with E-state index in [4.69, 9.17) is 0 Å². The first kappa shape index (κ1) is 16.3. The summed E-state index contributed by atoms with van der Waals surface area (Å²) in [6.45, 7) is 9.36. The fraction of sp³-hybridized carbons (Fsp3) is 1.00. The molecule has 1 N–H and O–H groups in total. The van der Waals surface area contributed by atoms with Crippen LogP contribution in [0.4, 0.5) is 0 Å². The van der Waals surface area contributed by atoms with Gasteiger partial charge in [-0.05, 0) is 90.8 Å². The van der Waals surface area contributed by atoms with E-state index < -0.39 is 0 Å². The van der Waals surface area contributed by atoms with Crippen molar-refractivity contribution in [1.29, 1.82) is 0 Å². The molecule has 3 heteroatoms. The van der Waals surface area contributed by atoms with Gasteiger partial charge in [0.25, 0.3) is 0 Å². The zero-order chi connectivity index (χ0) is 14.0. The molecule has 118 valence electrons. The maximum Gasteiger partial charge on any atom is 0.00106 e. The van der Waals surface area contributed by atoms with Crippen LogP contribution in [0.5, 0.6) is 0 Å². The minimum atomic E-state index is 0.986. The molecule has 2 saturated heterocycles. The van der Waals surface area contributed by atoms with Gasteiger partial charge in [0, 0.05) is 6.54 Å². The second-order valence-corrected chi connectivity index (χ2v) is 6.81. The highest BCUT2D eigenvalue weighted by molar-refractivity contribution is 4.77. The van der Waals surface area contributed by atoms with Crippen molar-refractivity contribution in [3.8, 4) is 0 Å². The summed E-state index contributed by atoms with van der Waals surface area (Å²) in [6.07, 6.45) is 11.3. The lowest BCUT2D eigenvalue weighted by Crippen LogP contribution is -2.38. The number of rotatable bonds is 9. The lowest BCUT2D eigenvalue weighted by atomic mass is 9.96. The van der Waals surface area contributed by atoms with Crippen LogP contribution >= 0.6 is 0 Å². The zero-order valence-corrected chi connectivity index (χ0v) is 13.6. The smallest absolute Gasteiger partial charge is 0.00106 e. The summed E-state index contributed by atoms with van der Waals surface area (Å²) in [4.78, 5) is 5.40. The van der Waals surface area contributed by atoms with Crippen molar-refractivity contribution in [2.75, 3.05) is 52.9 Å². The number of hydrogen-bond acceptors (Lipinski definition) is 3. The summed E-state index contributed by atoms with van der Waals surface area (Å²) >= 11 is 0. The van der Waals surface area contributed by atoms with E-state index in [-0.39, 0.29) is 0 Å². The van der Waals surface area contributed by atoms with E-state index in [9.17, 15) is 0 Å². The quantitative estimate of drug-likeness (QED) is 0.655. The van der Waals surface area contributed by atoms with Gasteiger partial charge in [0.2, 0.25) is 0 Å². The van der Waals surface area contributed by atoms with Gasteiger partial charge in [-0.1, -0.05) is 12.8 Å². The molecule has 2 fully saturated rings. The van der Waals surface area contributed by atoms with E-state index in [1.165, 1.54) is 97.2 Å². The van der Waals surface area contributed by atoms with Crippen molar-refractivity contribution in [3.05, 3.63) is 0 Å². The van der Waals surface area contributed by atoms with Crippen LogP contribution in [0, 0.1) is 5.92 Å². The highest BCUT2D eigenvalue weighted by atomic mass is 15.2. The molecular formula is C17H35N3. The lowest BCUT2D eigenvalue weighted by Gasteiger charge is -2.33. The van der Waals surface area contributed by atoms with Gasteiger partial charge >= 0.3 is 0 Å². The molecule has 0 spiro atoms. The molecule has 0 amide bonds. The average Bonchev–Trinajstić information content (AvgIpc) is 2.97. The van der Waals surface area contributed by atoms with E-state index >= 15 is 0 Å². The number of unbranched alkanes of at least 4 members (excludes halogenated alkanes) is 3. The monoisotopic (exact) mass is 281 g/mol. The van der Waals surface area contributed by atoms with E-state index in [1.807, 2.05) is 7.05 Å². The molecule has 0 saturated carbocycles. The summed E-state index contributed by atoms with van der Waals surface area (Å²) in [5, 5.41) is 3.23. The highest BCUT2D eigenvalue weighted by Crippen LogP contribution is 2.20. The van der Waals surface area contributed by atoms with E-state index in [0.29, 0.717) is 0 Å². The van der Waals surface area contributed by atoms with Gasteiger partial charge < -0.3 is 15.1 Å². The first-order chi connectivity index (χ1) is 9.88. The Morgan fingerprint density at radius 3 is 2.25 bits per heavy atom. The minimum Gasteiger partial charge on any atom is -0.320 e. The molecular weight excluding hydrogens is 246 g/mol. The normalized spacial score (nSPS) is 22.6.